The smallest absolute Gasteiger partial charge is 0.329 e. The third-order valence-electron chi connectivity index (χ3n) is 5.11. The average molecular weight is 402 g/mol. The number of hydrogen-bond donors (Lipinski definition) is 2. The number of aryl methyl sites for hydroxylation is 2. The normalized spacial score (nSPS) is 11.0. The highest BCUT2D eigenvalue weighted by Gasteiger charge is 2.19. The van der Waals surface area contributed by atoms with Crippen molar-refractivity contribution in [3.63, 3.8) is 0 Å². The van der Waals surface area contributed by atoms with Gasteiger partial charge in [0.2, 0.25) is 0 Å². The minimum atomic E-state index is -0.546. The zero-order valence-corrected chi connectivity index (χ0v) is 16.8. The second kappa shape index (κ2) is 7.87. The number of nitrogens with zero attached hydrogens (tertiary/aromatic N) is 2. The SMILES string of the molecule is Cc1ccc(CNC(=O)c2cn(C)c3c(=O)n(Cc4ccccc4)c(=O)[nH]c23)cc1. The zero-order chi connectivity index (χ0) is 21.3. The van der Waals surface area contributed by atoms with Crippen molar-refractivity contribution < 1.29 is 4.79 Å². The molecule has 0 unspecified atom stereocenters. The number of carbonyl (C=O) groups excluding carboxylic acids is 1. The van der Waals surface area contributed by atoms with Gasteiger partial charge in [-0.15, -0.1) is 0 Å². The minimum absolute atomic E-state index is 0.158. The molecule has 2 N–H and O–H groups in total. The number of rotatable bonds is 5. The van der Waals surface area contributed by atoms with Crippen molar-refractivity contribution in [2.45, 2.75) is 20.0 Å². The van der Waals surface area contributed by atoms with E-state index in [-0.39, 0.29) is 29.0 Å². The third kappa shape index (κ3) is 3.69. The van der Waals surface area contributed by atoms with E-state index in [1.165, 1.54) is 0 Å². The van der Waals surface area contributed by atoms with Crippen LogP contribution in [-0.4, -0.2) is 20.0 Å². The van der Waals surface area contributed by atoms with Gasteiger partial charge in [-0.05, 0) is 18.1 Å². The molecule has 4 aromatic rings. The van der Waals surface area contributed by atoms with Gasteiger partial charge in [-0.1, -0.05) is 60.2 Å². The maximum atomic E-state index is 13.0. The molecule has 152 valence electrons. The van der Waals surface area contributed by atoms with Crippen LogP contribution in [0.25, 0.3) is 11.0 Å². The van der Waals surface area contributed by atoms with Crippen LogP contribution >= 0.6 is 0 Å². The molecule has 7 nitrogen and oxygen atoms in total. The molecule has 0 aliphatic rings. The summed E-state index contributed by atoms with van der Waals surface area (Å²) >= 11 is 0. The second-order valence-electron chi connectivity index (χ2n) is 7.35. The summed E-state index contributed by atoms with van der Waals surface area (Å²) in [5.41, 5.74) is 2.77. The Morgan fingerprint density at radius 3 is 2.40 bits per heavy atom. The summed E-state index contributed by atoms with van der Waals surface area (Å²) in [5.74, 6) is -0.350. The second-order valence-corrected chi connectivity index (χ2v) is 7.35. The molecule has 4 rings (SSSR count). The van der Waals surface area contributed by atoms with E-state index in [0.717, 1.165) is 21.3 Å². The Morgan fingerprint density at radius 2 is 1.70 bits per heavy atom. The molecular formula is C23H22N4O3. The predicted molar refractivity (Wildman–Crippen MR) is 116 cm³/mol. The number of amides is 1. The van der Waals surface area contributed by atoms with Crippen molar-refractivity contribution in [3.05, 3.63) is 104 Å². The Labute approximate surface area is 172 Å². The number of benzene rings is 2. The topological polar surface area (TPSA) is 88.9 Å². The fourth-order valence-corrected chi connectivity index (χ4v) is 3.47. The van der Waals surface area contributed by atoms with E-state index in [1.807, 2.05) is 61.5 Å². The van der Waals surface area contributed by atoms with Gasteiger partial charge in [0.25, 0.3) is 11.5 Å². The van der Waals surface area contributed by atoms with Gasteiger partial charge in [0.05, 0.1) is 17.6 Å². The van der Waals surface area contributed by atoms with Gasteiger partial charge in [0.1, 0.15) is 5.52 Å². The van der Waals surface area contributed by atoms with Crippen molar-refractivity contribution in [1.29, 1.82) is 0 Å². The van der Waals surface area contributed by atoms with E-state index in [0.29, 0.717) is 6.54 Å². The fourth-order valence-electron chi connectivity index (χ4n) is 3.47. The molecule has 0 atom stereocenters. The van der Waals surface area contributed by atoms with E-state index >= 15 is 0 Å². The molecular weight excluding hydrogens is 380 g/mol. The van der Waals surface area contributed by atoms with Crippen molar-refractivity contribution in [2.24, 2.45) is 7.05 Å². The van der Waals surface area contributed by atoms with Crippen LogP contribution in [0.5, 0.6) is 0 Å². The van der Waals surface area contributed by atoms with Crippen LogP contribution in [0.1, 0.15) is 27.0 Å². The molecule has 0 aliphatic heterocycles. The maximum Gasteiger partial charge on any atom is 0.329 e. The van der Waals surface area contributed by atoms with Crippen LogP contribution in [0.4, 0.5) is 0 Å². The monoisotopic (exact) mass is 402 g/mol. The lowest BCUT2D eigenvalue weighted by Crippen LogP contribution is -2.36. The number of hydrogen-bond acceptors (Lipinski definition) is 3. The molecule has 0 saturated heterocycles. The van der Waals surface area contributed by atoms with Gasteiger partial charge in [-0.2, -0.15) is 0 Å². The number of nitrogens with one attached hydrogen (secondary N) is 2. The Hall–Kier alpha value is -3.87. The van der Waals surface area contributed by atoms with E-state index in [9.17, 15) is 14.4 Å². The van der Waals surface area contributed by atoms with Gasteiger partial charge in [0.15, 0.2) is 0 Å². The number of fused-ring (bicyclic) bond motifs is 1. The summed E-state index contributed by atoms with van der Waals surface area (Å²) in [6.07, 6.45) is 1.57. The molecule has 0 fully saturated rings. The molecule has 0 bridgehead atoms. The molecule has 2 aromatic heterocycles. The average Bonchev–Trinajstić information content (AvgIpc) is 3.07. The highest BCUT2D eigenvalue weighted by molar-refractivity contribution is 6.05. The van der Waals surface area contributed by atoms with Gasteiger partial charge in [0, 0.05) is 19.8 Å². The summed E-state index contributed by atoms with van der Waals surface area (Å²) < 4.78 is 2.72. The fraction of sp³-hybridized carbons (Fsp3) is 0.174. The van der Waals surface area contributed by atoms with Gasteiger partial charge < -0.3 is 14.9 Å². The van der Waals surface area contributed by atoms with Crippen LogP contribution < -0.4 is 16.6 Å². The van der Waals surface area contributed by atoms with Crippen LogP contribution in [0.15, 0.2) is 70.4 Å². The van der Waals surface area contributed by atoms with E-state index in [2.05, 4.69) is 10.3 Å². The van der Waals surface area contributed by atoms with Crippen molar-refractivity contribution in [2.75, 3.05) is 0 Å². The van der Waals surface area contributed by atoms with Crippen molar-refractivity contribution >= 4 is 16.9 Å². The Kier molecular flexibility index (Phi) is 5.10. The third-order valence-corrected chi connectivity index (χ3v) is 5.11. The maximum absolute atomic E-state index is 13.0. The number of aromatic nitrogens is 3. The van der Waals surface area contributed by atoms with Gasteiger partial charge in [-0.3, -0.25) is 14.2 Å². The zero-order valence-electron chi connectivity index (χ0n) is 16.8. The van der Waals surface area contributed by atoms with Crippen molar-refractivity contribution in [1.82, 2.24) is 19.4 Å². The summed E-state index contributed by atoms with van der Waals surface area (Å²) in [5, 5.41) is 2.85. The van der Waals surface area contributed by atoms with Crippen LogP contribution in [0.3, 0.4) is 0 Å². The van der Waals surface area contributed by atoms with Gasteiger partial charge in [-0.25, -0.2) is 4.79 Å². The lowest BCUT2D eigenvalue weighted by Gasteiger charge is -2.07. The first-order valence-corrected chi connectivity index (χ1v) is 9.64. The van der Waals surface area contributed by atoms with Gasteiger partial charge >= 0.3 is 5.69 Å². The molecule has 1 amide bonds. The molecule has 0 radical (unpaired) electrons. The Bertz CT molecular complexity index is 1330. The lowest BCUT2D eigenvalue weighted by molar-refractivity contribution is 0.0952. The van der Waals surface area contributed by atoms with Crippen molar-refractivity contribution in [3.8, 4) is 0 Å². The highest BCUT2D eigenvalue weighted by atomic mass is 16.2. The number of carbonyl (C=O) groups is 1. The molecule has 2 aromatic carbocycles. The first-order chi connectivity index (χ1) is 14.4. The summed E-state index contributed by atoms with van der Waals surface area (Å²) in [6, 6.07) is 17.1. The molecule has 2 heterocycles. The van der Waals surface area contributed by atoms with E-state index < -0.39 is 11.2 Å². The standard InChI is InChI=1S/C23H22N4O3/c1-15-8-10-16(11-9-15)12-24-21(28)18-14-26(2)20-19(18)25-23(30)27(22(20)29)13-17-6-4-3-5-7-17/h3-11,14H,12-13H2,1-2H3,(H,24,28)(H,25,30). The minimum Gasteiger partial charge on any atom is -0.348 e. The Balaban J connectivity index is 1.67. The lowest BCUT2D eigenvalue weighted by atomic mass is 10.1. The highest BCUT2D eigenvalue weighted by Crippen LogP contribution is 2.15. The molecule has 0 aliphatic carbocycles. The number of aromatic amines is 1. The molecule has 0 spiro atoms. The first kappa shape index (κ1) is 19.4. The van der Waals surface area contributed by atoms with E-state index in [4.69, 9.17) is 0 Å². The first-order valence-electron chi connectivity index (χ1n) is 9.64. The van der Waals surface area contributed by atoms with Crippen LogP contribution in [0.2, 0.25) is 0 Å². The summed E-state index contributed by atoms with van der Waals surface area (Å²) in [7, 11) is 1.69. The van der Waals surface area contributed by atoms with E-state index in [1.54, 1.807) is 17.8 Å². The van der Waals surface area contributed by atoms with Crippen LogP contribution in [-0.2, 0) is 20.1 Å². The largest absolute Gasteiger partial charge is 0.348 e. The summed E-state index contributed by atoms with van der Waals surface area (Å²) in [4.78, 5) is 41.1. The van der Waals surface area contributed by atoms with Crippen LogP contribution in [0, 0.1) is 6.92 Å². The molecule has 7 heteroatoms. The number of H-pyrrole nitrogens is 1. The molecule has 0 saturated carbocycles. The Morgan fingerprint density at radius 1 is 1.00 bits per heavy atom. The molecule has 30 heavy (non-hydrogen) atoms. The summed E-state index contributed by atoms with van der Waals surface area (Å²) in [6.45, 7) is 2.51. The quantitative estimate of drug-likeness (QED) is 0.537. The predicted octanol–water partition coefficient (Wildman–Crippen LogP) is 2.32.